The van der Waals surface area contributed by atoms with E-state index in [9.17, 15) is 18.7 Å². The van der Waals surface area contributed by atoms with E-state index < -0.39 is 29.2 Å². The van der Waals surface area contributed by atoms with E-state index in [0.717, 1.165) is 22.7 Å². The van der Waals surface area contributed by atoms with Crippen molar-refractivity contribution in [2.45, 2.75) is 38.1 Å². The fraction of sp³-hybridized carbons (Fsp3) is 0.438. The topological polar surface area (TPSA) is 120 Å². The maximum atomic E-state index is 11.9. The lowest BCUT2D eigenvalue weighted by Gasteiger charge is -2.38. The van der Waals surface area contributed by atoms with Crippen molar-refractivity contribution in [1.82, 2.24) is 10.3 Å². The van der Waals surface area contributed by atoms with E-state index in [1.165, 1.54) is 0 Å². The fourth-order valence-electron chi connectivity index (χ4n) is 3.29. The number of aromatic nitrogens is 2. The molecule has 3 unspecified atom stereocenters. The summed E-state index contributed by atoms with van der Waals surface area (Å²) in [6, 6.07) is 8.70. The quantitative estimate of drug-likeness (QED) is 0.777. The fourth-order valence-corrected chi connectivity index (χ4v) is 4.04. The monoisotopic (exact) mass is 364 g/mol. The van der Waals surface area contributed by atoms with Gasteiger partial charge in [0, 0.05) is 17.7 Å². The standard InChI is InChI=1S/C16H19N3O5S/c20-16(21)12-8-4-5-9-14(12)19(25(22)23)15-13(17-24-18-15)10-11-6-2-1-3-7-11/h1-3,6-7,12,14H,4-5,8-10H2,(H,20,21)(H,22,23)/p-1. The van der Waals surface area contributed by atoms with Crippen molar-refractivity contribution in [2.75, 3.05) is 4.31 Å². The molecule has 8 nitrogen and oxygen atoms in total. The van der Waals surface area contributed by atoms with Gasteiger partial charge < -0.3 is 9.66 Å². The second-order valence-electron chi connectivity index (χ2n) is 6.04. The molecule has 1 fully saturated rings. The molecule has 0 spiro atoms. The van der Waals surface area contributed by atoms with E-state index in [0.29, 0.717) is 25.0 Å². The molecule has 0 saturated heterocycles. The summed E-state index contributed by atoms with van der Waals surface area (Å²) in [6.45, 7) is 0. The molecule has 9 heteroatoms. The van der Waals surface area contributed by atoms with Gasteiger partial charge in [-0.3, -0.25) is 13.3 Å². The molecule has 1 heterocycles. The Bertz CT molecular complexity index is 751. The van der Waals surface area contributed by atoms with E-state index in [1.54, 1.807) is 0 Å². The Morgan fingerprint density at radius 2 is 2.00 bits per heavy atom. The van der Waals surface area contributed by atoms with E-state index in [4.69, 9.17) is 4.63 Å². The van der Waals surface area contributed by atoms with Gasteiger partial charge in [-0.05, 0) is 23.6 Å². The van der Waals surface area contributed by atoms with Crippen molar-refractivity contribution in [2.24, 2.45) is 5.92 Å². The predicted octanol–water partition coefficient (Wildman–Crippen LogP) is 1.90. The summed E-state index contributed by atoms with van der Waals surface area (Å²) in [5.41, 5.74) is 1.29. The second-order valence-corrected chi connectivity index (χ2v) is 6.86. The van der Waals surface area contributed by atoms with Gasteiger partial charge in [-0.2, -0.15) is 0 Å². The van der Waals surface area contributed by atoms with E-state index in [1.807, 2.05) is 30.3 Å². The smallest absolute Gasteiger partial charge is 0.308 e. The first-order valence-electron chi connectivity index (χ1n) is 8.04. The molecule has 1 N–H and O–H groups in total. The Morgan fingerprint density at radius 1 is 1.28 bits per heavy atom. The lowest BCUT2D eigenvalue weighted by molar-refractivity contribution is -0.143. The first-order valence-corrected chi connectivity index (χ1v) is 9.08. The van der Waals surface area contributed by atoms with Gasteiger partial charge in [-0.1, -0.05) is 48.3 Å². The normalized spacial score (nSPS) is 21.6. The van der Waals surface area contributed by atoms with Gasteiger partial charge in [-0.25, -0.2) is 4.63 Å². The first-order chi connectivity index (χ1) is 12.1. The summed E-state index contributed by atoms with van der Waals surface area (Å²) in [7, 11) is 0. The van der Waals surface area contributed by atoms with Crippen LogP contribution in [0.15, 0.2) is 35.0 Å². The zero-order chi connectivity index (χ0) is 17.8. The van der Waals surface area contributed by atoms with Gasteiger partial charge >= 0.3 is 5.97 Å². The molecule has 1 saturated carbocycles. The number of carbonyl (C=O) groups is 1. The number of carboxylic acids is 1. The molecule has 2 aromatic rings. The van der Waals surface area contributed by atoms with Gasteiger partial charge in [0.1, 0.15) is 5.69 Å². The third kappa shape index (κ3) is 3.88. The highest BCUT2D eigenvalue weighted by molar-refractivity contribution is 7.80. The van der Waals surface area contributed by atoms with Crippen LogP contribution in [-0.4, -0.2) is 36.2 Å². The molecule has 1 aromatic heterocycles. The predicted molar refractivity (Wildman–Crippen MR) is 88.3 cm³/mol. The average Bonchev–Trinajstić information content (AvgIpc) is 3.04. The van der Waals surface area contributed by atoms with Gasteiger partial charge in [0.05, 0.1) is 12.0 Å². The van der Waals surface area contributed by atoms with Crippen molar-refractivity contribution >= 4 is 23.1 Å². The molecule has 0 amide bonds. The van der Waals surface area contributed by atoms with Crippen LogP contribution in [0.2, 0.25) is 0 Å². The summed E-state index contributed by atoms with van der Waals surface area (Å²) >= 11 is -2.68. The second kappa shape index (κ2) is 7.75. The highest BCUT2D eigenvalue weighted by atomic mass is 32.2. The minimum atomic E-state index is -2.68. The number of rotatable bonds is 6. The van der Waals surface area contributed by atoms with Crippen LogP contribution >= 0.6 is 0 Å². The van der Waals surface area contributed by atoms with Crippen LogP contribution in [0.25, 0.3) is 0 Å². The molecule has 134 valence electrons. The number of anilines is 1. The largest absolute Gasteiger partial charge is 0.755 e. The molecular weight excluding hydrogens is 346 g/mol. The van der Waals surface area contributed by atoms with Crippen LogP contribution in [0.4, 0.5) is 5.82 Å². The molecule has 0 aliphatic heterocycles. The molecule has 1 aliphatic rings. The van der Waals surface area contributed by atoms with Crippen molar-refractivity contribution in [1.29, 1.82) is 0 Å². The van der Waals surface area contributed by atoms with Gasteiger partial charge in [0.15, 0.2) is 0 Å². The van der Waals surface area contributed by atoms with Crippen molar-refractivity contribution < 1.29 is 23.3 Å². The van der Waals surface area contributed by atoms with E-state index >= 15 is 0 Å². The Labute approximate surface area is 147 Å². The zero-order valence-electron chi connectivity index (χ0n) is 13.4. The maximum absolute atomic E-state index is 11.9. The summed E-state index contributed by atoms with van der Waals surface area (Å²) < 4.78 is 29.6. The minimum Gasteiger partial charge on any atom is -0.755 e. The number of carboxylic acid groups (broad SMARTS) is 1. The zero-order valence-corrected chi connectivity index (χ0v) is 14.2. The maximum Gasteiger partial charge on any atom is 0.308 e. The van der Waals surface area contributed by atoms with Gasteiger partial charge in [0.25, 0.3) is 0 Å². The molecule has 3 atom stereocenters. The number of aliphatic carboxylic acids is 1. The summed E-state index contributed by atoms with van der Waals surface area (Å²) in [5, 5.41) is 17.0. The number of hydrogen-bond donors (Lipinski definition) is 1. The van der Waals surface area contributed by atoms with E-state index in [2.05, 4.69) is 10.3 Å². The third-order valence-electron chi connectivity index (χ3n) is 4.47. The Morgan fingerprint density at radius 3 is 2.68 bits per heavy atom. The summed E-state index contributed by atoms with van der Waals surface area (Å²) in [6.07, 6.45) is 2.77. The van der Waals surface area contributed by atoms with Crippen LogP contribution in [-0.2, 0) is 22.5 Å². The average molecular weight is 364 g/mol. The number of hydrogen-bond acceptors (Lipinski definition) is 6. The van der Waals surface area contributed by atoms with Crippen LogP contribution in [0.5, 0.6) is 0 Å². The Kier molecular flexibility index (Phi) is 5.44. The molecule has 0 radical (unpaired) electrons. The number of nitrogens with zero attached hydrogens (tertiary/aromatic N) is 3. The van der Waals surface area contributed by atoms with Crippen LogP contribution < -0.4 is 4.31 Å². The third-order valence-corrected chi connectivity index (χ3v) is 5.23. The Hall–Kier alpha value is -2.26. The molecular formula is C16H18N3O5S-. The summed E-state index contributed by atoms with van der Waals surface area (Å²) in [5.74, 6) is -1.70. The first kappa shape index (κ1) is 17.6. The SMILES string of the molecule is O=C(O)C1CCCCC1N(c1nonc1Cc1ccccc1)S(=O)[O-]. The van der Waals surface area contributed by atoms with Gasteiger partial charge in [-0.15, -0.1) is 0 Å². The van der Waals surface area contributed by atoms with Crippen molar-refractivity contribution in [3.05, 3.63) is 41.6 Å². The molecule has 3 rings (SSSR count). The lowest BCUT2D eigenvalue weighted by Crippen LogP contribution is -2.47. The van der Waals surface area contributed by atoms with Gasteiger partial charge in [0.2, 0.25) is 5.82 Å². The highest BCUT2D eigenvalue weighted by Gasteiger charge is 2.38. The molecule has 1 aromatic carbocycles. The van der Waals surface area contributed by atoms with Crippen molar-refractivity contribution in [3.63, 3.8) is 0 Å². The van der Waals surface area contributed by atoms with Crippen LogP contribution in [0.3, 0.4) is 0 Å². The van der Waals surface area contributed by atoms with Crippen molar-refractivity contribution in [3.8, 4) is 0 Å². The molecule has 25 heavy (non-hydrogen) atoms. The Balaban J connectivity index is 1.92. The van der Waals surface area contributed by atoms with E-state index in [-0.39, 0.29) is 5.82 Å². The van der Waals surface area contributed by atoms with Crippen LogP contribution in [0, 0.1) is 5.92 Å². The van der Waals surface area contributed by atoms with Crippen LogP contribution in [0.1, 0.15) is 36.9 Å². The molecule has 0 bridgehead atoms. The summed E-state index contributed by atoms with van der Waals surface area (Å²) in [4.78, 5) is 11.6. The number of benzene rings is 1. The molecule has 1 aliphatic carbocycles. The highest BCUT2D eigenvalue weighted by Crippen LogP contribution is 2.33. The minimum absolute atomic E-state index is 0.0651. The lowest BCUT2D eigenvalue weighted by atomic mass is 9.84.